The first kappa shape index (κ1) is 32.4. The molecule has 0 aliphatic rings. The van der Waals surface area contributed by atoms with Gasteiger partial charge in [-0.1, -0.05) is 30.3 Å². The van der Waals surface area contributed by atoms with Crippen molar-refractivity contribution in [3.05, 3.63) is 77.5 Å². The van der Waals surface area contributed by atoms with Crippen molar-refractivity contribution in [3.63, 3.8) is 0 Å². The van der Waals surface area contributed by atoms with Crippen molar-refractivity contribution >= 4 is 28.6 Å². The minimum absolute atomic E-state index is 0.136. The van der Waals surface area contributed by atoms with E-state index < -0.39 is 35.1 Å². The lowest BCUT2D eigenvalue weighted by atomic mass is 9.84. The summed E-state index contributed by atoms with van der Waals surface area (Å²) in [6.07, 6.45) is -3.51. The lowest BCUT2D eigenvalue weighted by Crippen LogP contribution is -2.57. The Hall–Kier alpha value is -4.07. The Labute approximate surface area is 241 Å². The zero-order valence-corrected chi connectivity index (χ0v) is 23.3. The Morgan fingerprint density at radius 3 is 2.14 bits per heavy atom. The summed E-state index contributed by atoms with van der Waals surface area (Å²) in [4.78, 5) is 46.7. The number of pyridine rings is 1. The molecule has 2 atom stereocenters. The number of aromatic nitrogens is 1. The third-order valence-electron chi connectivity index (χ3n) is 7.20. The monoisotopic (exact) mass is 587 g/mol. The number of alkyl halides is 3. The molecular formula is C29H36F3N7O3. The number of rotatable bonds is 13. The molecule has 10 nitrogen and oxygen atoms in total. The van der Waals surface area contributed by atoms with Crippen LogP contribution in [-0.2, 0) is 32.5 Å². The van der Waals surface area contributed by atoms with Crippen LogP contribution in [0.1, 0.15) is 29.5 Å². The molecule has 2 aromatic carbocycles. The van der Waals surface area contributed by atoms with Crippen molar-refractivity contribution in [1.29, 1.82) is 0 Å². The van der Waals surface area contributed by atoms with Crippen LogP contribution in [0.25, 0.3) is 10.9 Å². The second kappa shape index (κ2) is 13.7. The van der Waals surface area contributed by atoms with E-state index in [-0.39, 0.29) is 51.3 Å². The third kappa shape index (κ3) is 7.60. The van der Waals surface area contributed by atoms with Crippen molar-refractivity contribution in [2.24, 2.45) is 22.9 Å². The number of hydrogen-bond donors (Lipinski definition) is 4. The van der Waals surface area contributed by atoms with Crippen molar-refractivity contribution < 1.29 is 27.6 Å². The van der Waals surface area contributed by atoms with Gasteiger partial charge in [0.1, 0.15) is 11.6 Å². The topological polar surface area (TPSA) is 175 Å². The number of nitrogens with zero attached hydrogens (tertiary/aromatic N) is 3. The van der Waals surface area contributed by atoms with Crippen LogP contribution in [0.3, 0.4) is 0 Å². The van der Waals surface area contributed by atoms with E-state index in [2.05, 4.69) is 4.98 Å². The van der Waals surface area contributed by atoms with Gasteiger partial charge in [0.25, 0.3) is 0 Å². The summed E-state index contributed by atoms with van der Waals surface area (Å²) in [6, 6.07) is 11.9. The quantitative estimate of drug-likeness (QED) is 0.234. The third-order valence-corrected chi connectivity index (χ3v) is 7.20. The number of para-hydroxylation sites is 1. The molecule has 0 aliphatic heterocycles. The van der Waals surface area contributed by atoms with E-state index in [1.54, 1.807) is 24.3 Å². The van der Waals surface area contributed by atoms with Gasteiger partial charge in [-0.2, -0.15) is 13.2 Å². The number of nitrogens with two attached hydrogens (primary N) is 4. The largest absolute Gasteiger partial charge is 0.416 e. The van der Waals surface area contributed by atoms with Gasteiger partial charge in [0.2, 0.25) is 17.7 Å². The zero-order chi connectivity index (χ0) is 31.1. The highest BCUT2D eigenvalue weighted by Crippen LogP contribution is 2.31. The minimum Gasteiger partial charge on any atom is -0.368 e. The maximum atomic E-state index is 14.1. The first-order valence-corrected chi connectivity index (χ1v) is 13.4. The summed E-state index contributed by atoms with van der Waals surface area (Å²) >= 11 is 0. The molecule has 3 amide bonds. The minimum atomic E-state index is -4.53. The molecule has 226 valence electrons. The number of likely N-dealkylation sites (N-methyl/N-ethyl adjacent to an activating group) is 1. The molecule has 0 radical (unpaired) electrons. The predicted molar refractivity (Wildman–Crippen MR) is 152 cm³/mol. The number of halogens is 3. The van der Waals surface area contributed by atoms with E-state index in [0.717, 1.165) is 17.0 Å². The SMILES string of the molecule is CN(C(=O)[C@](N)(CCC(=O)N(CCN)CCN)c1cnc2ccccc2c1)[C@@H](Cc1ccc(C(F)(F)F)cc1)C(N)=O. The van der Waals surface area contributed by atoms with E-state index in [1.807, 2.05) is 6.07 Å². The molecular weight excluding hydrogens is 551 g/mol. The molecule has 0 saturated carbocycles. The molecule has 42 heavy (non-hydrogen) atoms. The number of primary amides is 1. The highest BCUT2D eigenvalue weighted by Gasteiger charge is 2.42. The van der Waals surface area contributed by atoms with E-state index in [1.165, 1.54) is 30.3 Å². The first-order valence-electron chi connectivity index (χ1n) is 13.4. The Balaban J connectivity index is 1.96. The van der Waals surface area contributed by atoms with E-state index in [9.17, 15) is 27.6 Å². The molecule has 1 heterocycles. The van der Waals surface area contributed by atoms with Crippen LogP contribution in [0.15, 0.2) is 60.8 Å². The summed E-state index contributed by atoms with van der Waals surface area (Å²) in [5, 5.41) is 0.704. The summed E-state index contributed by atoms with van der Waals surface area (Å²) in [7, 11) is 1.34. The summed E-state index contributed by atoms with van der Waals surface area (Å²) < 4.78 is 39.0. The number of hydrogen-bond acceptors (Lipinski definition) is 7. The number of benzene rings is 2. The van der Waals surface area contributed by atoms with Gasteiger partial charge >= 0.3 is 6.18 Å². The maximum absolute atomic E-state index is 14.1. The van der Waals surface area contributed by atoms with Gasteiger partial charge in [-0.15, -0.1) is 0 Å². The fourth-order valence-corrected chi connectivity index (χ4v) is 4.76. The number of fused-ring (bicyclic) bond motifs is 1. The van der Waals surface area contributed by atoms with Gasteiger partial charge in [-0.25, -0.2) is 0 Å². The molecule has 0 saturated heterocycles. The molecule has 1 aromatic heterocycles. The van der Waals surface area contributed by atoms with Crippen LogP contribution in [0, 0.1) is 0 Å². The van der Waals surface area contributed by atoms with Gasteiger partial charge in [0, 0.05) is 63.2 Å². The Morgan fingerprint density at radius 1 is 0.952 bits per heavy atom. The Morgan fingerprint density at radius 2 is 1.57 bits per heavy atom. The second-order valence-corrected chi connectivity index (χ2v) is 10.1. The fourth-order valence-electron chi connectivity index (χ4n) is 4.76. The summed E-state index contributed by atoms with van der Waals surface area (Å²) in [6.45, 7) is 0.992. The van der Waals surface area contributed by atoms with Crippen molar-refractivity contribution in [1.82, 2.24) is 14.8 Å². The maximum Gasteiger partial charge on any atom is 0.416 e. The molecule has 13 heteroatoms. The van der Waals surface area contributed by atoms with Gasteiger partial charge in [0.05, 0.1) is 11.1 Å². The average Bonchev–Trinajstić information content (AvgIpc) is 2.97. The smallest absolute Gasteiger partial charge is 0.368 e. The number of carbonyl (C=O) groups excluding carboxylic acids is 3. The van der Waals surface area contributed by atoms with Crippen LogP contribution in [0.2, 0.25) is 0 Å². The van der Waals surface area contributed by atoms with Crippen LogP contribution in [0.5, 0.6) is 0 Å². The van der Waals surface area contributed by atoms with Crippen molar-refractivity contribution in [3.8, 4) is 0 Å². The van der Waals surface area contributed by atoms with Crippen molar-refractivity contribution in [2.45, 2.75) is 37.0 Å². The number of amides is 3. The van der Waals surface area contributed by atoms with Gasteiger partial charge in [-0.3, -0.25) is 19.4 Å². The van der Waals surface area contributed by atoms with Crippen molar-refractivity contribution in [2.75, 3.05) is 33.2 Å². The predicted octanol–water partition coefficient (Wildman–Crippen LogP) is 1.49. The highest BCUT2D eigenvalue weighted by molar-refractivity contribution is 5.93. The molecule has 0 bridgehead atoms. The normalized spacial score (nSPS) is 13.8. The molecule has 0 aliphatic carbocycles. The lowest BCUT2D eigenvalue weighted by Gasteiger charge is -2.36. The van der Waals surface area contributed by atoms with Crippen LogP contribution in [0.4, 0.5) is 13.2 Å². The summed E-state index contributed by atoms with van der Waals surface area (Å²) in [5.41, 5.74) is 22.4. The Bertz CT molecular complexity index is 1400. The fraction of sp³-hybridized carbons (Fsp3) is 0.379. The standard InChI is InChI=1S/C29H36F3N7O3/c1-38(24(26(35)41)16-19-6-8-21(9-7-19)29(30,31)32)27(42)28(36,11-10-25(40)39(14-12-33)15-13-34)22-17-20-4-2-3-5-23(20)37-18-22/h2-9,17-18,24H,10-16,33-34,36H2,1H3,(H2,35,41)/t24-,28-/m0/s1. The van der Waals surface area contributed by atoms with Gasteiger partial charge < -0.3 is 32.7 Å². The van der Waals surface area contributed by atoms with Crippen LogP contribution < -0.4 is 22.9 Å². The first-order chi connectivity index (χ1) is 19.8. The number of carbonyl (C=O) groups is 3. The van der Waals surface area contributed by atoms with E-state index in [0.29, 0.717) is 22.0 Å². The summed E-state index contributed by atoms with van der Waals surface area (Å²) in [5.74, 6) is -1.90. The molecule has 0 unspecified atom stereocenters. The highest BCUT2D eigenvalue weighted by atomic mass is 19.4. The molecule has 3 rings (SSSR count). The van der Waals surface area contributed by atoms with E-state index in [4.69, 9.17) is 22.9 Å². The Kier molecular flexibility index (Phi) is 10.6. The molecule has 3 aromatic rings. The van der Waals surface area contributed by atoms with Crippen LogP contribution >= 0.6 is 0 Å². The second-order valence-electron chi connectivity index (χ2n) is 10.1. The van der Waals surface area contributed by atoms with Crippen LogP contribution in [-0.4, -0.2) is 71.8 Å². The average molecular weight is 588 g/mol. The zero-order valence-electron chi connectivity index (χ0n) is 23.3. The van der Waals surface area contributed by atoms with E-state index >= 15 is 0 Å². The molecule has 0 fully saturated rings. The molecule has 0 spiro atoms. The lowest BCUT2D eigenvalue weighted by molar-refractivity contribution is -0.143. The van der Waals surface area contributed by atoms with Gasteiger partial charge in [-0.05, 0) is 36.2 Å². The van der Waals surface area contributed by atoms with Gasteiger partial charge in [0.15, 0.2) is 0 Å². The molecule has 8 N–H and O–H groups in total.